The highest BCUT2D eigenvalue weighted by Gasteiger charge is 2.21. The average molecular weight is 331 g/mol. The van der Waals surface area contributed by atoms with Crippen LogP contribution in [0.3, 0.4) is 0 Å². The Morgan fingerprint density at radius 3 is 2.70 bits per heavy atom. The summed E-state index contributed by atoms with van der Waals surface area (Å²) in [7, 11) is 0. The first-order chi connectivity index (χ1) is 11.2. The number of benzene rings is 1. The summed E-state index contributed by atoms with van der Waals surface area (Å²) in [6, 6.07) is 9.32. The Kier molecular flexibility index (Phi) is 5.23. The summed E-state index contributed by atoms with van der Waals surface area (Å²) in [4.78, 5) is 12.2. The van der Waals surface area contributed by atoms with E-state index in [1.54, 1.807) is 6.92 Å². The molecule has 6 heteroatoms. The number of nitrogens with zero attached hydrogens (tertiary/aromatic N) is 2. The number of carbonyl (C=O) groups excluding carboxylic acids is 1. The van der Waals surface area contributed by atoms with Crippen LogP contribution in [0.25, 0.3) is 0 Å². The lowest BCUT2D eigenvalue weighted by Crippen LogP contribution is -2.30. The molecule has 0 aliphatic heterocycles. The van der Waals surface area contributed by atoms with Crippen LogP contribution in [0, 0.1) is 0 Å². The minimum atomic E-state index is -0.584. The van der Waals surface area contributed by atoms with Crippen molar-refractivity contribution in [2.75, 3.05) is 5.32 Å². The van der Waals surface area contributed by atoms with E-state index in [-0.39, 0.29) is 5.91 Å². The van der Waals surface area contributed by atoms with Gasteiger partial charge in [0.2, 0.25) is 5.13 Å². The summed E-state index contributed by atoms with van der Waals surface area (Å²) in [5.74, 6) is 0.973. The first-order valence-electron chi connectivity index (χ1n) is 8.08. The monoisotopic (exact) mass is 331 g/mol. The van der Waals surface area contributed by atoms with Gasteiger partial charge in [0.05, 0.1) is 0 Å². The quantitative estimate of drug-likeness (QED) is 0.899. The van der Waals surface area contributed by atoms with Crippen LogP contribution in [0.15, 0.2) is 30.3 Å². The molecule has 2 aromatic rings. The van der Waals surface area contributed by atoms with Gasteiger partial charge >= 0.3 is 0 Å². The minimum absolute atomic E-state index is 0.208. The fourth-order valence-corrected chi connectivity index (χ4v) is 3.68. The molecular formula is C17H21N3O2S. The molecule has 23 heavy (non-hydrogen) atoms. The fraction of sp³-hybridized carbons (Fsp3) is 0.471. The van der Waals surface area contributed by atoms with Gasteiger partial charge in [0.15, 0.2) is 6.10 Å². The van der Waals surface area contributed by atoms with E-state index in [0.717, 1.165) is 5.01 Å². The number of carbonyl (C=O) groups is 1. The smallest absolute Gasteiger partial charge is 0.266 e. The van der Waals surface area contributed by atoms with Gasteiger partial charge in [-0.3, -0.25) is 10.1 Å². The molecule has 1 aliphatic rings. The number of nitrogens with one attached hydrogen (secondary N) is 1. The Morgan fingerprint density at radius 1 is 1.22 bits per heavy atom. The maximum atomic E-state index is 12.2. The van der Waals surface area contributed by atoms with Crippen molar-refractivity contribution in [3.63, 3.8) is 0 Å². The molecule has 1 N–H and O–H groups in total. The van der Waals surface area contributed by atoms with Gasteiger partial charge in [0.1, 0.15) is 10.8 Å². The topological polar surface area (TPSA) is 64.1 Å². The normalized spacial score (nSPS) is 16.7. The Balaban J connectivity index is 1.56. The van der Waals surface area contributed by atoms with E-state index in [2.05, 4.69) is 15.5 Å². The summed E-state index contributed by atoms with van der Waals surface area (Å²) in [5, 5.41) is 12.7. The molecule has 3 rings (SSSR count). The second-order valence-electron chi connectivity index (χ2n) is 5.84. The second-order valence-corrected chi connectivity index (χ2v) is 6.85. The standard InChI is InChI=1S/C17H21N3O2S/c1-12(22-14-10-6-3-7-11-14)15(21)18-17-20-19-16(23-17)13-8-4-2-5-9-13/h3,6-7,10-13H,2,4-5,8-9H2,1H3,(H,18,20,21)/t12-/m0/s1. The minimum Gasteiger partial charge on any atom is -0.481 e. The van der Waals surface area contributed by atoms with E-state index < -0.39 is 6.10 Å². The molecule has 1 aromatic heterocycles. The maximum absolute atomic E-state index is 12.2. The fourth-order valence-electron chi connectivity index (χ4n) is 2.76. The second kappa shape index (κ2) is 7.55. The van der Waals surface area contributed by atoms with Gasteiger partial charge < -0.3 is 4.74 Å². The Bertz CT molecular complexity index is 638. The van der Waals surface area contributed by atoms with Crippen molar-refractivity contribution in [1.29, 1.82) is 0 Å². The van der Waals surface area contributed by atoms with Gasteiger partial charge in [0, 0.05) is 5.92 Å². The third-order valence-corrected chi connectivity index (χ3v) is 5.05. The lowest BCUT2D eigenvalue weighted by molar-refractivity contribution is -0.122. The average Bonchev–Trinajstić information content (AvgIpc) is 3.05. The SMILES string of the molecule is C[C@H](Oc1ccccc1)C(=O)Nc1nnc(C2CCCCC2)s1. The molecule has 1 fully saturated rings. The van der Waals surface area contributed by atoms with E-state index in [0.29, 0.717) is 16.8 Å². The van der Waals surface area contributed by atoms with Crippen molar-refractivity contribution in [2.45, 2.75) is 51.0 Å². The van der Waals surface area contributed by atoms with Crippen molar-refractivity contribution < 1.29 is 9.53 Å². The lowest BCUT2D eigenvalue weighted by atomic mass is 9.90. The van der Waals surface area contributed by atoms with Gasteiger partial charge in [0.25, 0.3) is 5.91 Å². The van der Waals surface area contributed by atoms with Gasteiger partial charge in [-0.25, -0.2) is 0 Å². The highest BCUT2D eigenvalue weighted by molar-refractivity contribution is 7.15. The molecule has 1 saturated carbocycles. The van der Waals surface area contributed by atoms with E-state index >= 15 is 0 Å². The first kappa shape index (κ1) is 15.9. The summed E-state index contributed by atoms with van der Waals surface area (Å²) in [5.41, 5.74) is 0. The number of hydrogen-bond donors (Lipinski definition) is 1. The number of rotatable bonds is 5. The number of para-hydroxylation sites is 1. The molecular weight excluding hydrogens is 310 g/mol. The van der Waals surface area contributed by atoms with Crippen molar-refractivity contribution in [1.82, 2.24) is 10.2 Å². The third-order valence-electron chi connectivity index (χ3n) is 4.05. The first-order valence-corrected chi connectivity index (χ1v) is 8.90. The van der Waals surface area contributed by atoms with Crippen LogP contribution in [-0.4, -0.2) is 22.2 Å². The molecule has 1 aliphatic carbocycles. The Morgan fingerprint density at radius 2 is 1.96 bits per heavy atom. The molecule has 0 unspecified atom stereocenters. The van der Waals surface area contributed by atoms with Crippen LogP contribution in [0.4, 0.5) is 5.13 Å². The Labute approximate surface area is 140 Å². The highest BCUT2D eigenvalue weighted by Crippen LogP contribution is 2.35. The van der Waals surface area contributed by atoms with Crippen LogP contribution in [-0.2, 0) is 4.79 Å². The molecule has 0 spiro atoms. The molecule has 1 amide bonds. The third kappa shape index (κ3) is 4.28. The van der Waals surface area contributed by atoms with Crippen LogP contribution in [0.1, 0.15) is 50.0 Å². The number of aromatic nitrogens is 2. The number of amides is 1. The van der Waals surface area contributed by atoms with Crippen molar-refractivity contribution >= 4 is 22.4 Å². The predicted octanol–water partition coefficient (Wildman–Crippen LogP) is 3.99. The van der Waals surface area contributed by atoms with Crippen LogP contribution in [0.5, 0.6) is 5.75 Å². The van der Waals surface area contributed by atoms with E-state index in [4.69, 9.17) is 4.74 Å². The van der Waals surface area contributed by atoms with E-state index in [1.165, 1.54) is 43.4 Å². The number of ether oxygens (including phenoxy) is 1. The van der Waals surface area contributed by atoms with Gasteiger partial charge in [-0.15, -0.1) is 10.2 Å². The molecule has 1 heterocycles. The maximum Gasteiger partial charge on any atom is 0.266 e. The summed E-state index contributed by atoms with van der Waals surface area (Å²) in [6.45, 7) is 1.73. The van der Waals surface area contributed by atoms with Crippen molar-refractivity contribution in [2.24, 2.45) is 0 Å². The van der Waals surface area contributed by atoms with Crippen LogP contribution < -0.4 is 10.1 Å². The van der Waals surface area contributed by atoms with Crippen molar-refractivity contribution in [3.8, 4) is 5.75 Å². The lowest BCUT2D eigenvalue weighted by Gasteiger charge is -2.18. The summed E-state index contributed by atoms with van der Waals surface area (Å²) in [6.07, 6.45) is 5.60. The predicted molar refractivity (Wildman–Crippen MR) is 90.9 cm³/mol. The number of hydrogen-bond acceptors (Lipinski definition) is 5. The summed E-state index contributed by atoms with van der Waals surface area (Å²) < 4.78 is 5.62. The van der Waals surface area contributed by atoms with Crippen molar-refractivity contribution in [3.05, 3.63) is 35.3 Å². The molecule has 122 valence electrons. The van der Waals surface area contributed by atoms with Gasteiger partial charge in [-0.2, -0.15) is 0 Å². The van der Waals surface area contributed by atoms with Gasteiger partial charge in [-0.1, -0.05) is 48.8 Å². The van der Waals surface area contributed by atoms with Crippen LogP contribution >= 0.6 is 11.3 Å². The zero-order chi connectivity index (χ0) is 16.1. The zero-order valence-electron chi connectivity index (χ0n) is 13.2. The largest absolute Gasteiger partial charge is 0.481 e. The number of anilines is 1. The van der Waals surface area contributed by atoms with E-state index in [1.807, 2.05) is 30.3 Å². The molecule has 0 saturated heterocycles. The molecule has 0 radical (unpaired) electrons. The van der Waals surface area contributed by atoms with E-state index in [9.17, 15) is 4.79 Å². The molecule has 1 atom stereocenters. The zero-order valence-corrected chi connectivity index (χ0v) is 14.0. The highest BCUT2D eigenvalue weighted by atomic mass is 32.1. The molecule has 1 aromatic carbocycles. The molecule has 0 bridgehead atoms. The summed E-state index contributed by atoms with van der Waals surface area (Å²) >= 11 is 1.48. The Hall–Kier alpha value is -1.95. The van der Waals surface area contributed by atoms with Crippen LogP contribution in [0.2, 0.25) is 0 Å². The van der Waals surface area contributed by atoms with Gasteiger partial charge in [-0.05, 0) is 31.9 Å². The molecule has 5 nitrogen and oxygen atoms in total.